The predicted molar refractivity (Wildman–Crippen MR) is 108 cm³/mol. The largest absolute Gasteiger partial charge is 0.405 e. The molecule has 1 aromatic carbocycles. The molecule has 2 aromatic rings. The molecule has 1 amide bonds. The van der Waals surface area contributed by atoms with Crippen molar-refractivity contribution in [3.05, 3.63) is 41.0 Å². The van der Waals surface area contributed by atoms with Gasteiger partial charge < -0.3 is 10.6 Å². The van der Waals surface area contributed by atoms with E-state index >= 15 is 0 Å². The van der Waals surface area contributed by atoms with Gasteiger partial charge in [-0.3, -0.25) is 14.7 Å². The number of alkyl halides is 3. The van der Waals surface area contributed by atoms with Crippen LogP contribution in [0.2, 0.25) is 5.02 Å². The summed E-state index contributed by atoms with van der Waals surface area (Å²) in [6, 6.07) is 4.68. The van der Waals surface area contributed by atoms with Crippen LogP contribution in [0.25, 0.3) is 10.9 Å². The maximum absolute atomic E-state index is 13.4. The molecule has 0 saturated carbocycles. The molecule has 28 heavy (non-hydrogen) atoms. The summed E-state index contributed by atoms with van der Waals surface area (Å²) in [5.41, 5.74) is 0.564. The number of benzene rings is 1. The molecule has 0 aliphatic carbocycles. The van der Waals surface area contributed by atoms with Gasteiger partial charge in [0.05, 0.1) is 16.1 Å². The van der Waals surface area contributed by atoms with E-state index in [4.69, 9.17) is 11.6 Å². The van der Waals surface area contributed by atoms with E-state index in [1.54, 1.807) is 12.1 Å². The zero-order chi connectivity index (χ0) is 18.7. The topological polar surface area (TPSA) is 57.3 Å². The average Bonchev–Trinajstić information content (AvgIpc) is 2.62. The zero-order valence-electron chi connectivity index (χ0n) is 14.6. The number of nitrogens with one attached hydrogen (secondary N) is 2. The fourth-order valence-electron chi connectivity index (χ4n) is 3.05. The second kappa shape index (κ2) is 10.5. The van der Waals surface area contributed by atoms with Gasteiger partial charge in [-0.2, -0.15) is 13.2 Å². The summed E-state index contributed by atoms with van der Waals surface area (Å²) >= 11 is 6.09. The number of hydrogen-bond donors (Lipinski definition) is 2. The minimum absolute atomic E-state index is 0. The van der Waals surface area contributed by atoms with Gasteiger partial charge >= 0.3 is 6.18 Å². The second-order valence-corrected chi connectivity index (χ2v) is 6.46. The van der Waals surface area contributed by atoms with Crippen molar-refractivity contribution in [2.75, 3.05) is 32.7 Å². The number of fused-ring (bicyclic) bond motifs is 1. The van der Waals surface area contributed by atoms with Gasteiger partial charge in [0, 0.05) is 44.3 Å². The van der Waals surface area contributed by atoms with Crippen molar-refractivity contribution in [1.29, 1.82) is 0 Å². The van der Waals surface area contributed by atoms with Crippen molar-refractivity contribution in [2.24, 2.45) is 0 Å². The Hall–Kier alpha value is -1.32. The highest BCUT2D eigenvalue weighted by Gasteiger charge is 2.43. The van der Waals surface area contributed by atoms with Crippen molar-refractivity contribution in [2.45, 2.75) is 12.2 Å². The van der Waals surface area contributed by atoms with Crippen LogP contribution in [0.4, 0.5) is 13.2 Å². The van der Waals surface area contributed by atoms with Crippen molar-refractivity contribution in [3.63, 3.8) is 0 Å². The summed E-state index contributed by atoms with van der Waals surface area (Å²) in [7, 11) is 0. The van der Waals surface area contributed by atoms with Crippen LogP contribution < -0.4 is 10.6 Å². The van der Waals surface area contributed by atoms with Crippen LogP contribution in [0.15, 0.2) is 30.5 Å². The maximum atomic E-state index is 13.4. The fraction of sp³-hybridized carbons (Fsp3) is 0.412. The molecule has 2 heterocycles. The van der Waals surface area contributed by atoms with Gasteiger partial charge in [0.15, 0.2) is 0 Å². The molecule has 0 radical (unpaired) electrons. The first-order chi connectivity index (χ1) is 12.4. The normalized spacial score (nSPS) is 16.0. The number of halogens is 6. The van der Waals surface area contributed by atoms with Crippen LogP contribution in [-0.2, 0) is 0 Å². The standard InChI is InChI=1S/C17H18ClF3N4O.2ClH/c18-13-4-3-12(15-11(13)2-1-5-23-15)16(26)24-10-14(17(19,20)21)25-8-6-22-7-9-25;;/h1-5,14,22H,6-10H2,(H,24,26);2*1H. The van der Waals surface area contributed by atoms with Gasteiger partial charge in [-0.25, -0.2) is 0 Å². The molecule has 1 unspecified atom stereocenters. The third-order valence-corrected chi connectivity index (χ3v) is 4.72. The minimum Gasteiger partial charge on any atom is -0.350 e. The highest BCUT2D eigenvalue weighted by Crippen LogP contribution is 2.26. The van der Waals surface area contributed by atoms with E-state index in [1.165, 1.54) is 23.2 Å². The number of carbonyl (C=O) groups is 1. The molecule has 1 atom stereocenters. The highest BCUT2D eigenvalue weighted by atomic mass is 35.5. The number of carbonyl (C=O) groups excluding carboxylic acids is 1. The number of hydrogen-bond acceptors (Lipinski definition) is 4. The third kappa shape index (κ3) is 5.61. The number of amides is 1. The third-order valence-electron chi connectivity index (χ3n) is 4.39. The number of nitrogens with zero attached hydrogens (tertiary/aromatic N) is 2. The lowest BCUT2D eigenvalue weighted by Gasteiger charge is -2.35. The van der Waals surface area contributed by atoms with Crippen LogP contribution in [0.5, 0.6) is 0 Å². The van der Waals surface area contributed by atoms with Crippen LogP contribution in [0, 0.1) is 0 Å². The first-order valence-electron chi connectivity index (χ1n) is 8.21. The molecule has 1 aliphatic rings. The summed E-state index contributed by atoms with van der Waals surface area (Å²) in [5.74, 6) is -0.602. The van der Waals surface area contributed by atoms with E-state index in [2.05, 4.69) is 15.6 Å². The first kappa shape index (κ1) is 24.7. The Kier molecular flexibility index (Phi) is 9.23. The minimum atomic E-state index is -4.43. The van der Waals surface area contributed by atoms with Crippen LogP contribution in [0.1, 0.15) is 10.4 Å². The molecule has 0 bridgehead atoms. The molecule has 1 aliphatic heterocycles. The lowest BCUT2D eigenvalue weighted by Crippen LogP contribution is -2.57. The zero-order valence-corrected chi connectivity index (χ0v) is 17.0. The number of rotatable bonds is 4. The van der Waals surface area contributed by atoms with E-state index in [0.717, 1.165) is 0 Å². The van der Waals surface area contributed by atoms with Crippen molar-refractivity contribution >= 4 is 53.2 Å². The van der Waals surface area contributed by atoms with Gasteiger partial charge in [0.25, 0.3) is 5.91 Å². The number of pyridine rings is 1. The van der Waals surface area contributed by atoms with Gasteiger partial charge in [-0.1, -0.05) is 11.6 Å². The van der Waals surface area contributed by atoms with E-state index in [1.807, 2.05) is 0 Å². The Morgan fingerprint density at radius 1 is 1.25 bits per heavy atom. The molecular formula is C17H20Cl3F3N4O. The molecule has 1 saturated heterocycles. The highest BCUT2D eigenvalue weighted by molar-refractivity contribution is 6.36. The summed E-state index contributed by atoms with van der Waals surface area (Å²) < 4.78 is 40.3. The molecule has 2 N–H and O–H groups in total. The van der Waals surface area contributed by atoms with E-state index in [-0.39, 0.29) is 43.5 Å². The van der Waals surface area contributed by atoms with Crippen molar-refractivity contribution in [1.82, 2.24) is 20.5 Å². The quantitative estimate of drug-likeness (QED) is 0.737. The second-order valence-electron chi connectivity index (χ2n) is 6.05. The van der Waals surface area contributed by atoms with Crippen LogP contribution in [0.3, 0.4) is 0 Å². The van der Waals surface area contributed by atoms with Gasteiger partial charge in [0.1, 0.15) is 6.04 Å². The van der Waals surface area contributed by atoms with Crippen molar-refractivity contribution in [3.8, 4) is 0 Å². The number of aromatic nitrogens is 1. The molecular weight excluding hydrogens is 440 g/mol. The predicted octanol–water partition coefficient (Wildman–Crippen LogP) is 3.30. The summed E-state index contributed by atoms with van der Waals surface area (Å²) in [6.07, 6.45) is -2.92. The van der Waals surface area contributed by atoms with Crippen LogP contribution in [-0.4, -0.2) is 60.7 Å². The Labute approximate surface area is 177 Å². The van der Waals surface area contributed by atoms with E-state index < -0.39 is 24.7 Å². The Bertz CT molecular complexity index is 801. The molecule has 11 heteroatoms. The van der Waals surface area contributed by atoms with E-state index in [9.17, 15) is 18.0 Å². The molecule has 0 spiro atoms. The summed E-state index contributed by atoms with van der Waals surface area (Å²) in [5, 5.41) is 6.44. The lowest BCUT2D eigenvalue weighted by molar-refractivity contribution is -0.183. The summed E-state index contributed by atoms with van der Waals surface area (Å²) in [4.78, 5) is 18.0. The Morgan fingerprint density at radius 2 is 1.93 bits per heavy atom. The average molecular weight is 460 g/mol. The van der Waals surface area contributed by atoms with E-state index in [0.29, 0.717) is 29.0 Å². The van der Waals surface area contributed by atoms with Gasteiger partial charge in [0.2, 0.25) is 0 Å². The smallest absolute Gasteiger partial charge is 0.350 e. The SMILES string of the molecule is Cl.Cl.O=C(NCC(N1CCNCC1)C(F)(F)F)c1ccc(Cl)c2cccnc12. The maximum Gasteiger partial charge on any atom is 0.405 e. The van der Waals surface area contributed by atoms with Gasteiger partial charge in [-0.15, -0.1) is 24.8 Å². The summed E-state index contributed by atoms with van der Waals surface area (Å²) in [6.45, 7) is 1.04. The molecule has 1 fully saturated rings. The fourth-order valence-corrected chi connectivity index (χ4v) is 3.27. The van der Waals surface area contributed by atoms with Crippen LogP contribution >= 0.6 is 36.4 Å². The monoisotopic (exact) mass is 458 g/mol. The molecule has 1 aromatic heterocycles. The van der Waals surface area contributed by atoms with Crippen molar-refractivity contribution < 1.29 is 18.0 Å². The Balaban J connectivity index is 0.00000196. The Morgan fingerprint density at radius 3 is 2.57 bits per heavy atom. The molecule has 156 valence electrons. The lowest BCUT2D eigenvalue weighted by atomic mass is 10.1. The number of piperazine rings is 1. The molecule has 5 nitrogen and oxygen atoms in total. The first-order valence-corrected chi connectivity index (χ1v) is 8.58. The molecule has 3 rings (SSSR count). The van der Waals surface area contributed by atoms with Gasteiger partial charge in [-0.05, 0) is 24.3 Å².